The lowest BCUT2D eigenvalue weighted by atomic mass is 10.1. The summed E-state index contributed by atoms with van der Waals surface area (Å²) in [6.07, 6.45) is 1.21. The van der Waals surface area contributed by atoms with Crippen molar-refractivity contribution in [2.24, 2.45) is 5.73 Å². The largest absolute Gasteiger partial charge is 0.487 e. The van der Waals surface area contributed by atoms with E-state index in [9.17, 15) is 4.39 Å². The van der Waals surface area contributed by atoms with Gasteiger partial charge in [-0.3, -0.25) is 0 Å². The Labute approximate surface area is 145 Å². The Hall–Kier alpha value is -2.93. The van der Waals surface area contributed by atoms with Gasteiger partial charge in [0.2, 0.25) is 0 Å². The van der Waals surface area contributed by atoms with Crippen molar-refractivity contribution in [1.29, 1.82) is 0 Å². The first-order chi connectivity index (χ1) is 12.0. The van der Waals surface area contributed by atoms with Crippen LogP contribution in [0.4, 0.5) is 21.6 Å². The third-order valence-electron chi connectivity index (χ3n) is 3.81. The van der Waals surface area contributed by atoms with Crippen molar-refractivity contribution in [3.05, 3.63) is 48.0 Å². The summed E-state index contributed by atoms with van der Waals surface area (Å²) in [6.45, 7) is 4.08. The molecule has 0 radical (unpaired) electrons. The molecule has 5 N–H and O–H groups in total. The molecule has 2 aromatic carbocycles. The van der Waals surface area contributed by atoms with Crippen molar-refractivity contribution in [2.45, 2.75) is 20.0 Å². The Balaban J connectivity index is 2.05. The minimum absolute atomic E-state index is 0.244. The summed E-state index contributed by atoms with van der Waals surface area (Å²) >= 11 is 0. The molecule has 0 bridgehead atoms. The van der Waals surface area contributed by atoms with Gasteiger partial charge in [0.1, 0.15) is 29.8 Å². The van der Waals surface area contributed by atoms with Crippen molar-refractivity contribution in [3.8, 4) is 5.75 Å². The number of hydrogen-bond acceptors (Lipinski definition) is 6. The van der Waals surface area contributed by atoms with Crippen molar-refractivity contribution in [1.82, 2.24) is 9.97 Å². The van der Waals surface area contributed by atoms with E-state index in [1.165, 1.54) is 18.5 Å². The van der Waals surface area contributed by atoms with Crippen LogP contribution in [0.2, 0.25) is 0 Å². The Kier molecular flexibility index (Phi) is 4.67. The van der Waals surface area contributed by atoms with Gasteiger partial charge in [-0.1, -0.05) is 0 Å². The number of nitrogens with one attached hydrogen (secondary N) is 1. The first-order valence-corrected chi connectivity index (χ1v) is 7.92. The molecular weight excluding hydrogens is 321 g/mol. The molecule has 25 heavy (non-hydrogen) atoms. The number of fused-ring (bicyclic) bond motifs is 1. The van der Waals surface area contributed by atoms with Crippen molar-refractivity contribution in [2.75, 3.05) is 17.6 Å². The van der Waals surface area contributed by atoms with Gasteiger partial charge in [-0.2, -0.15) is 0 Å². The first-order valence-electron chi connectivity index (χ1n) is 7.92. The van der Waals surface area contributed by atoms with Crippen molar-refractivity contribution in [3.63, 3.8) is 0 Å². The summed E-state index contributed by atoms with van der Waals surface area (Å²) in [5.74, 6) is 0.582. The summed E-state index contributed by atoms with van der Waals surface area (Å²) in [5, 5.41) is 4.05. The molecule has 6 nitrogen and oxygen atoms in total. The summed E-state index contributed by atoms with van der Waals surface area (Å²) in [6, 6.07) is 7.93. The lowest BCUT2D eigenvalue weighted by molar-refractivity contribution is 0.230. The second kappa shape index (κ2) is 6.90. The quantitative estimate of drug-likeness (QED) is 0.617. The highest BCUT2D eigenvalue weighted by Gasteiger charge is 2.13. The molecule has 3 aromatic rings. The Morgan fingerprint density at radius 3 is 2.80 bits per heavy atom. The average molecular weight is 341 g/mol. The van der Waals surface area contributed by atoms with Crippen LogP contribution in [0.1, 0.15) is 12.5 Å². The molecule has 0 saturated carbocycles. The van der Waals surface area contributed by atoms with Crippen LogP contribution in [0, 0.1) is 12.7 Å². The second-order valence-electron chi connectivity index (χ2n) is 5.88. The van der Waals surface area contributed by atoms with E-state index < -0.39 is 0 Å². The number of anilines is 3. The van der Waals surface area contributed by atoms with Crippen molar-refractivity contribution >= 4 is 28.1 Å². The van der Waals surface area contributed by atoms with Gasteiger partial charge in [0.05, 0.1) is 11.2 Å². The van der Waals surface area contributed by atoms with Gasteiger partial charge in [-0.05, 0) is 43.7 Å². The zero-order valence-corrected chi connectivity index (χ0v) is 14.1. The number of nitrogens with two attached hydrogens (primary N) is 2. The minimum Gasteiger partial charge on any atom is -0.487 e. The topological polar surface area (TPSA) is 99.1 Å². The van der Waals surface area contributed by atoms with E-state index in [-0.39, 0.29) is 11.9 Å². The van der Waals surface area contributed by atoms with E-state index in [4.69, 9.17) is 16.2 Å². The van der Waals surface area contributed by atoms with Gasteiger partial charge in [-0.15, -0.1) is 0 Å². The van der Waals surface area contributed by atoms with Crippen LogP contribution in [0.5, 0.6) is 5.75 Å². The number of nitrogen functional groups attached to an aromatic ring is 1. The fourth-order valence-corrected chi connectivity index (χ4v) is 2.60. The van der Waals surface area contributed by atoms with Crippen LogP contribution >= 0.6 is 0 Å². The Morgan fingerprint density at radius 2 is 2.04 bits per heavy atom. The normalized spacial score (nSPS) is 12.2. The van der Waals surface area contributed by atoms with Crippen LogP contribution in [-0.4, -0.2) is 22.6 Å². The molecule has 0 aliphatic rings. The molecule has 0 amide bonds. The maximum atomic E-state index is 13.6. The number of rotatable bonds is 5. The predicted molar refractivity (Wildman–Crippen MR) is 97.5 cm³/mol. The molecule has 0 spiro atoms. The SMILES string of the molecule is Cc1cc(N)cc2ncnc(Nc3ccc(F)cc3O[C@@H](C)CN)c12. The third-order valence-corrected chi connectivity index (χ3v) is 3.81. The van der Waals surface area contributed by atoms with E-state index in [1.54, 1.807) is 12.1 Å². The van der Waals surface area contributed by atoms with Crippen LogP contribution in [-0.2, 0) is 0 Å². The van der Waals surface area contributed by atoms with Gasteiger partial charge < -0.3 is 21.5 Å². The highest BCUT2D eigenvalue weighted by atomic mass is 19.1. The maximum Gasteiger partial charge on any atom is 0.146 e. The molecule has 1 heterocycles. The molecule has 0 aliphatic carbocycles. The number of halogens is 1. The van der Waals surface area contributed by atoms with E-state index >= 15 is 0 Å². The molecule has 1 atom stereocenters. The molecule has 0 saturated heterocycles. The van der Waals surface area contributed by atoms with Gasteiger partial charge in [-0.25, -0.2) is 14.4 Å². The number of aromatic nitrogens is 2. The van der Waals surface area contributed by atoms with Gasteiger partial charge >= 0.3 is 0 Å². The summed E-state index contributed by atoms with van der Waals surface area (Å²) in [5.41, 5.74) is 14.4. The Morgan fingerprint density at radius 1 is 1.24 bits per heavy atom. The highest BCUT2D eigenvalue weighted by Crippen LogP contribution is 2.32. The second-order valence-corrected chi connectivity index (χ2v) is 5.88. The van der Waals surface area contributed by atoms with E-state index in [0.717, 1.165) is 16.5 Å². The van der Waals surface area contributed by atoms with Gasteiger partial charge in [0.15, 0.2) is 0 Å². The molecule has 7 heteroatoms. The first kappa shape index (κ1) is 16.9. The predicted octanol–water partition coefficient (Wildman–Crippen LogP) is 3.13. The number of benzene rings is 2. The lowest BCUT2D eigenvalue weighted by Crippen LogP contribution is -2.23. The summed E-state index contributed by atoms with van der Waals surface area (Å²) in [7, 11) is 0. The molecule has 130 valence electrons. The van der Waals surface area contributed by atoms with E-state index in [2.05, 4.69) is 15.3 Å². The average Bonchev–Trinajstić information content (AvgIpc) is 2.56. The molecule has 0 aliphatic heterocycles. The fraction of sp³-hybridized carbons (Fsp3) is 0.222. The summed E-state index contributed by atoms with van der Waals surface area (Å²) < 4.78 is 19.3. The molecule has 3 rings (SSSR count). The van der Waals surface area contributed by atoms with E-state index in [0.29, 0.717) is 29.5 Å². The zero-order valence-electron chi connectivity index (χ0n) is 14.1. The van der Waals surface area contributed by atoms with Crippen LogP contribution in [0.3, 0.4) is 0 Å². The number of aryl methyl sites for hydroxylation is 1. The van der Waals surface area contributed by atoms with Crippen LogP contribution < -0.4 is 21.5 Å². The number of hydrogen-bond donors (Lipinski definition) is 3. The van der Waals surface area contributed by atoms with Crippen LogP contribution in [0.25, 0.3) is 10.9 Å². The zero-order chi connectivity index (χ0) is 18.0. The Bertz CT molecular complexity index is 915. The van der Waals surface area contributed by atoms with Gasteiger partial charge in [0.25, 0.3) is 0 Å². The standard InChI is InChI=1S/C18H20FN5O/c1-10-5-13(21)7-15-17(10)18(23-9-22-15)24-14-4-3-12(19)6-16(14)25-11(2)8-20/h3-7,9,11H,8,20-21H2,1-2H3,(H,22,23,24)/t11-/m0/s1. The van der Waals surface area contributed by atoms with Gasteiger partial charge in [0, 0.05) is 23.7 Å². The lowest BCUT2D eigenvalue weighted by Gasteiger charge is -2.18. The molecule has 0 fully saturated rings. The number of nitrogens with zero attached hydrogens (tertiary/aromatic N) is 2. The third kappa shape index (κ3) is 3.61. The molecule has 1 aromatic heterocycles. The maximum absolute atomic E-state index is 13.6. The van der Waals surface area contributed by atoms with E-state index in [1.807, 2.05) is 19.9 Å². The van der Waals surface area contributed by atoms with Crippen molar-refractivity contribution < 1.29 is 9.13 Å². The molecular formula is C18H20FN5O. The monoisotopic (exact) mass is 341 g/mol. The fourth-order valence-electron chi connectivity index (χ4n) is 2.60. The highest BCUT2D eigenvalue weighted by molar-refractivity contribution is 5.95. The van der Waals surface area contributed by atoms with Crippen LogP contribution in [0.15, 0.2) is 36.7 Å². The minimum atomic E-state index is -0.388. The summed E-state index contributed by atoms with van der Waals surface area (Å²) in [4.78, 5) is 8.58. The smallest absolute Gasteiger partial charge is 0.146 e. The molecule has 0 unspecified atom stereocenters. The number of ether oxygens (including phenoxy) is 1.